The summed E-state index contributed by atoms with van der Waals surface area (Å²) >= 11 is 5.22. The average molecular weight is 252 g/mol. The van der Waals surface area contributed by atoms with Gasteiger partial charge in [-0.15, -0.1) is 0 Å². The van der Waals surface area contributed by atoms with Crippen LogP contribution >= 0.6 is 12.2 Å². The fraction of sp³-hybridized carbons (Fsp3) is 0.462. The minimum Gasteiger partial charge on any atom is -0.497 e. The average Bonchev–Trinajstić information content (AvgIpc) is 2.29. The normalized spacial score (nSPS) is 10.2. The monoisotopic (exact) mass is 252 g/mol. The Kier molecular flexibility index (Phi) is 5.22. The van der Waals surface area contributed by atoms with Crippen LogP contribution in [0.1, 0.15) is 19.4 Å². The Hall–Kier alpha value is -1.29. The molecule has 0 aliphatic carbocycles. The Bertz CT molecular complexity index is 391. The van der Waals surface area contributed by atoms with Crippen LogP contribution in [-0.4, -0.2) is 18.8 Å². The van der Waals surface area contributed by atoms with Crippen molar-refractivity contribution in [1.29, 1.82) is 0 Å². The van der Waals surface area contributed by atoms with Crippen LogP contribution in [0.2, 0.25) is 0 Å². The van der Waals surface area contributed by atoms with Gasteiger partial charge in [-0.3, -0.25) is 0 Å². The molecular formula is C13H20N2OS. The molecule has 0 bridgehead atoms. The predicted octanol–water partition coefficient (Wildman–Crippen LogP) is 2.95. The lowest BCUT2D eigenvalue weighted by molar-refractivity contribution is 0.414. The zero-order valence-electron chi connectivity index (χ0n) is 10.8. The molecule has 17 heavy (non-hydrogen) atoms. The highest BCUT2D eigenvalue weighted by Crippen LogP contribution is 2.20. The molecule has 0 radical (unpaired) electrons. The van der Waals surface area contributed by atoms with Crippen LogP contribution in [0.25, 0.3) is 0 Å². The second kappa shape index (κ2) is 6.45. The van der Waals surface area contributed by atoms with Gasteiger partial charge < -0.3 is 15.4 Å². The number of ether oxygens (including phenoxy) is 1. The van der Waals surface area contributed by atoms with Crippen LogP contribution < -0.4 is 15.4 Å². The van der Waals surface area contributed by atoms with E-state index in [2.05, 4.69) is 24.5 Å². The van der Waals surface area contributed by atoms with E-state index < -0.39 is 0 Å². The Morgan fingerprint density at radius 2 is 2.12 bits per heavy atom. The van der Waals surface area contributed by atoms with E-state index in [4.69, 9.17) is 17.0 Å². The number of thiocarbonyl (C=S) groups is 1. The quantitative estimate of drug-likeness (QED) is 0.807. The van der Waals surface area contributed by atoms with E-state index in [1.54, 1.807) is 7.11 Å². The molecule has 4 heteroatoms. The molecule has 0 aromatic heterocycles. The molecule has 0 saturated heterocycles. The van der Waals surface area contributed by atoms with Gasteiger partial charge in [-0.1, -0.05) is 13.8 Å². The SMILES string of the molecule is COc1ccc(NC(=S)NCC(C)C)c(C)c1. The molecular weight excluding hydrogens is 232 g/mol. The Balaban J connectivity index is 2.59. The number of aryl methyl sites for hydroxylation is 1. The van der Waals surface area contributed by atoms with Crippen molar-refractivity contribution >= 4 is 23.0 Å². The molecule has 0 fully saturated rings. The molecule has 0 atom stereocenters. The van der Waals surface area contributed by atoms with Crippen molar-refractivity contribution in [3.05, 3.63) is 23.8 Å². The summed E-state index contributed by atoms with van der Waals surface area (Å²) < 4.78 is 5.16. The van der Waals surface area contributed by atoms with Gasteiger partial charge in [0.05, 0.1) is 7.11 Å². The number of hydrogen-bond acceptors (Lipinski definition) is 2. The van der Waals surface area contributed by atoms with E-state index in [0.29, 0.717) is 11.0 Å². The third kappa shape index (κ3) is 4.61. The fourth-order valence-electron chi connectivity index (χ4n) is 1.37. The van der Waals surface area contributed by atoms with Crippen LogP contribution in [0.15, 0.2) is 18.2 Å². The van der Waals surface area contributed by atoms with Gasteiger partial charge in [-0.2, -0.15) is 0 Å². The summed E-state index contributed by atoms with van der Waals surface area (Å²) in [6.07, 6.45) is 0. The number of hydrogen-bond donors (Lipinski definition) is 2. The molecule has 1 rings (SSSR count). The van der Waals surface area contributed by atoms with E-state index in [1.807, 2.05) is 25.1 Å². The highest BCUT2D eigenvalue weighted by Gasteiger charge is 2.03. The second-order valence-corrected chi connectivity index (χ2v) is 4.82. The number of nitrogens with one attached hydrogen (secondary N) is 2. The molecule has 1 aromatic carbocycles. The standard InChI is InChI=1S/C13H20N2OS/c1-9(2)8-14-13(17)15-12-6-5-11(16-4)7-10(12)3/h5-7,9H,8H2,1-4H3,(H2,14,15,17). The highest BCUT2D eigenvalue weighted by atomic mass is 32.1. The molecule has 1 aromatic rings. The number of anilines is 1. The molecule has 3 nitrogen and oxygen atoms in total. The number of methoxy groups -OCH3 is 1. The lowest BCUT2D eigenvalue weighted by atomic mass is 10.2. The smallest absolute Gasteiger partial charge is 0.170 e. The first-order valence-electron chi connectivity index (χ1n) is 5.72. The maximum Gasteiger partial charge on any atom is 0.170 e. The van der Waals surface area contributed by atoms with Crippen molar-refractivity contribution in [3.8, 4) is 5.75 Å². The molecule has 0 aliphatic rings. The topological polar surface area (TPSA) is 33.3 Å². The van der Waals surface area contributed by atoms with E-state index in [0.717, 1.165) is 23.5 Å². The predicted molar refractivity (Wildman–Crippen MR) is 76.8 cm³/mol. The number of rotatable bonds is 4. The zero-order chi connectivity index (χ0) is 12.8. The van der Waals surface area contributed by atoms with Crippen LogP contribution in [0.5, 0.6) is 5.75 Å². The van der Waals surface area contributed by atoms with Crippen molar-refractivity contribution in [3.63, 3.8) is 0 Å². The van der Waals surface area contributed by atoms with E-state index in [-0.39, 0.29) is 0 Å². The van der Waals surface area contributed by atoms with E-state index in [1.165, 1.54) is 0 Å². The highest BCUT2D eigenvalue weighted by molar-refractivity contribution is 7.80. The molecule has 0 aliphatic heterocycles. The first-order chi connectivity index (χ1) is 8.02. The Morgan fingerprint density at radius 1 is 1.41 bits per heavy atom. The summed E-state index contributed by atoms with van der Waals surface area (Å²) in [6.45, 7) is 7.19. The third-order valence-electron chi connectivity index (χ3n) is 2.35. The van der Waals surface area contributed by atoms with Gasteiger partial charge in [0.1, 0.15) is 5.75 Å². The maximum atomic E-state index is 5.22. The third-order valence-corrected chi connectivity index (χ3v) is 2.60. The largest absolute Gasteiger partial charge is 0.497 e. The lowest BCUT2D eigenvalue weighted by Crippen LogP contribution is -2.31. The van der Waals surface area contributed by atoms with Crippen LogP contribution in [0, 0.1) is 12.8 Å². The van der Waals surface area contributed by atoms with Gasteiger partial charge in [0.25, 0.3) is 0 Å². The van der Waals surface area contributed by atoms with Gasteiger partial charge >= 0.3 is 0 Å². The van der Waals surface area contributed by atoms with Crippen molar-refractivity contribution in [2.45, 2.75) is 20.8 Å². The second-order valence-electron chi connectivity index (χ2n) is 4.41. The Morgan fingerprint density at radius 3 is 2.65 bits per heavy atom. The van der Waals surface area contributed by atoms with Crippen molar-refractivity contribution in [1.82, 2.24) is 5.32 Å². The van der Waals surface area contributed by atoms with Crippen molar-refractivity contribution < 1.29 is 4.74 Å². The summed E-state index contributed by atoms with van der Waals surface area (Å²) in [7, 11) is 1.66. The van der Waals surface area contributed by atoms with Crippen molar-refractivity contribution in [2.75, 3.05) is 19.0 Å². The summed E-state index contributed by atoms with van der Waals surface area (Å²) in [6, 6.07) is 5.87. The van der Waals surface area contributed by atoms with Crippen LogP contribution in [-0.2, 0) is 0 Å². The van der Waals surface area contributed by atoms with Gasteiger partial charge in [0, 0.05) is 12.2 Å². The van der Waals surface area contributed by atoms with Crippen LogP contribution in [0.4, 0.5) is 5.69 Å². The van der Waals surface area contributed by atoms with Crippen molar-refractivity contribution in [2.24, 2.45) is 5.92 Å². The maximum absolute atomic E-state index is 5.22. The molecule has 0 heterocycles. The summed E-state index contributed by atoms with van der Waals surface area (Å²) in [5.74, 6) is 1.43. The molecule has 0 saturated carbocycles. The van der Waals surface area contributed by atoms with Gasteiger partial charge in [0.2, 0.25) is 0 Å². The number of benzene rings is 1. The molecule has 0 spiro atoms. The summed E-state index contributed by atoms with van der Waals surface area (Å²) in [4.78, 5) is 0. The van der Waals surface area contributed by atoms with E-state index >= 15 is 0 Å². The van der Waals surface area contributed by atoms with Gasteiger partial charge in [-0.25, -0.2) is 0 Å². The van der Waals surface area contributed by atoms with Crippen LogP contribution in [0.3, 0.4) is 0 Å². The fourth-order valence-corrected chi connectivity index (χ4v) is 1.56. The summed E-state index contributed by atoms with van der Waals surface area (Å²) in [5, 5.41) is 7.02. The first kappa shape index (κ1) is 13.8. The first-order valence-corrected chi connectivity index (χ1v) is 6.13. The van der Waals surface area contributed by atoms with Gasteiger partial charge in [0.15, 0.2) is 5.11 Å². The zero-order valence-corrected chi connectivity index (χ0v) is 11.6. The minimum absolute atomic E-state index is 0.576. The Labute approximate surface area is 109 Å². The van der Waals surface area contributed by atoms with Gasteiger partial charge in [-0.05, 0) is 48.8 Å². The molecule has 0 amide bonds. The minimum atomic E-state index is 0.576. The summed E-state index contributed by atoms with van der Waals surface area (Å²) in [5.41, 5.74) is 2.12. The molecule has 0 unspecified atom stereocenters. The van der Waals surface area contributed by atoms with E-state index in [9.17, 15) is 0 Å². The molecule has 2 N–H and O–H groups in total. The lowest BCUT2D eigenvalue weighted by Gasteiger charge is -2.14. The molecule has 94 valence electrons.